The molecule has 0 fully saturated rings. The van der Waals surface area contributed by atoms with Crippen molar-refractivity contribution in [3.8, 4) is 5.75 Å². The molecule has 0 spiro atoms. The number of hydrogen-bond donors (Lipinski definition) is 1. The SMILES string of the molecule is CCOC(=O)c1cc(Cl)c(OCC(=O)c2c(N)n(CC(C)C)c(=O)n(C)c2=O)c(Cl)c1. The van der Waals surface area contributed by atoms with Gasteiger partial charge in [-0.05, 0) is 25.0 Å². The molecule has 2 rings (SSSR count). The van der Waals surface area contributed by atoms with Crippen LogP contribution in [0.4, 0.5) is 5.82 Å². The van der Waals surface area contributed by atoms with Gasteiger partial charge in [-0.2, -0.15) is 0 Å². The Kier molecular flexibility index (Phi) is 7.91. The number of anilines is 1. The molecule has 168 valence electrons. The van der Waals surface area contributed by atoms with Crippen LogP contribution in [-0.2, 0) is 18.3 Å². The highest BCUT2D eigenvalue weighted by molar-refractivity contribution is 6.37. The van der Waals surface area contributed by atoms with Crippen LogP contribution in [0, 0.1) is 5.92 Å². The number of ether oxygens (including phenoxy) is 2. The molecule has 11 heteroatoms. The minimum atomic E-state index is -0.828. The summed E-state index contributed by atoms with van der Waals surface area (Å²) in [6, 6.07) is 2.59. The summed E-state index contributed by atoms with van der Waals surface area (Å²) >= 11 is 12.3. The zero-order chi connectivity index (χ0) is 23.5. The minimum absolute atomic E-state index is 0.0194. The number of halogens is 2. The van der Waals surface area contributed by atoms with Crippen LogP contribution >= 0.6 is 23.2 Å². The van der Waals surface area contributed by atoms with E-state index in [4.69, 9.17) is 38.4 Å². The molecule has 0 aliphatic rings. The second-order valence-corrected chi connectivity index (χ2v) is 7.93. The van der Waals surface area contributed by atoms with Gasteiger partial charge in [0.05, 0.1) is 22.2 Å². The van der Waals surface area contributed by atoms with Gasteiger partial charge in [-0.15, -0.1) is 0 Å². The van der Waals surface area contributed by atoms with Gasteiger partial charge < -0.3 is 15.2 Å². The first-order chi connectivity index (χ1) is 14.5. The zero-order valence-corrected chi connectivity index (χ0v) is 19.0. The Morgan fingerprint density at radius 1 is 1.16 bits per heavy atom. The number of aromatic nitrogens is 2. The number of nitrogens with zero attached hydrogens (tertiary/aromatic N) is 2. The lowest BCUT2D eigenvalue weighted by Crippen LogP contribution is -2.43. The van der Waals surface area contributed by atoms with Crippen LogP contribution in [0.15, 0.2) is 21.7 Å². The molecule has 2 N–H and O–H groups in total. The van der Waals surface area contributed by atoms with Crippen LogP contribution in [0.2, 0.25) is 10.0 Å². The van der Waals surface area contributed by atoms with Gasteiger partial charge in [0.15, 0.2) is 12.4 Å². The number of ketones is 1. The summed E-state index contributed by atoms with van der Waals surface area (Å²) in [6.07, 6.45) is 0. The summed E-state index contributed by atoms with van der Waals surface area (Å²) in [7, 11) is 1.26. The highest BCUT2D eigenvalue weighted by Gasteiger charge is 2.23. The van der Waals surface area contributed by atoms with Crippen molar-refractivity contribution in [3.05, 3.63) is 54.1 Å². The molecule has 9 nitrogen and oxygen atoms in total. The second-order valence-electron chi connectivity index (χ2n) is 7.11. The van der Waals surface area contributed by atoms with E-state index in [0.717, 1.165) is 4.57 Å². The van der Waals surface area contributed by atoms with E-state index in [-0.39, 0.29) is 51.8 Å². The molecule has 0 saturated carbocycles. The number of nitrogens with two attached hydrogens (primary N) is 1. The Labute approximate surface area is 188 Å². The van der Waals surface area contributed by atoms with Gasteiger partial charge in [0.2, 0.25) is 5.78 Å². The number of carbonyl (C=O) groups excluding carboxylic acids is 2. The topological polar surface area (TPSA) is 123 Å². The standard InChI is InChI=1S/C20H23Cl2N3O6/c1-5-30-19(28)11-6-12(21)16(13(22)7-11)31-9-14(26)15-17(23)25(8-10(2)3)20(29)24(4)18(15)27/h6-7,10H,5,8-9,23H2,1-4H3. The summed E-state index contributed by atoms with van der Waals surface area (Å²) in [5, 5.41) is -0.0389. The van der Waals surface area contributed by atoms with Gasteiger partial charge in [-0.1, -0.05) is 37.0 Å². The molecule has 0 radical (unpaired) electrons. The maximum absolute atomic E-state index is 12.8. The van der Waals surface area contributed by atoms with E-state index in [1.807, 2.05) is 13.8 Å². The van der Waals surface area contributed by atoms with Crippen molar-refractivity contribution in [1.82, 2.24) is 9.13 Å². The fourth-order valence-corrected chi connectivity index (χ4v) is 3.42. The van der Waals surface area contributed by atoms with E-state index in [0.29, 0.717) is 0 Å². The van der Waals surface area contributed by atoms with Crippen LogP contribution in [0.5, 0.6) is 5.75 Å². The zero-order valence-electron chi connectivity index (χ0n) is 17.5. The number of esters is 1. The maximum atomic E-state index is 12.8. The third-order valence-electron chi connectivity index (χ3n) is 4.27. The minimum Gasteiger partial charge on any atom is -0.482 e. The number of Topliss-reactive ketones (excluding diaryl/α,β-unsaturated/α-hetero) is 1. The third kappa shape index (κ3) is 5.29. The molecule has 0 saturated heterocycles. The van der Waals surface area contributed by atoms with Crippen molar-refractivity contribution in [2.24, 2.45) is 13.0 Å². The lowest BCUT2D eigenvalue weighted by molar-refractivity contribution is 0.0526. The van der Waals surface area contributed by atoms with Crippen LogP contribution < -0.4 is 21.7 Å². The fraction of sp³-hybridized carbons (Fsp3) is 0.400. The fourth-order valence-electron chi connectivity index (χ4n) is 2.83. The van der Waals surface area contributed by atoms with E-state index in [1.54, 1.807) is 6.92 Å². The Morgan fingerprint density at radius 3 is 2.26 bits per heavy atom. The van der Waals surface area contributed by atoms with Gasteiger partial charge in [0, 0.05) is 13.6 Å². The number of carbonyl (C=O) groups is 2. The normalized spacial score (nSPS) is 10.9. The van der Waals surface area contributed by atoms with Crippen LogP contribution in [0.25, 0.3) is 0 Å². The molecule has 0 aliphatic carbocycles. The summed E-state index contributed by atoms with van der Waals surface area (Å²) in [4.78, 5) is 49.5. The van der Waals surface area contributed by atoms with Gasteiger partial charge in [-0.25, -0.2) is 9.59 Å². The number of rotatable bonds is 8. The van der Waals surface area contributed by atoms with Crippen molar-refractivity contribution >= 4 is 40.8 Å². The number of hydrogen-bond acceptors (Lipinski definition) is 7. The molecule has 0 aliphatic heterocycles. The Morgan fingerprint density at radius 2 is 1.74 bits per heavy atom. The number of benzene rings is 1. The van der Waals surface area contributed by atoms with Crippen LogP contribution in [0.3, 0.4) is 0 Å². The van der Waals surface area contributed by atoms with Crippen molar-refractivity contribution in [1.29, 1.82) is 0 Å². The highest BCUT2D eigenvalue weighted by Crippen LogP contribution is 2.34. The quantitative estimate of drug-likeness (QED) is 0.463. The molecule has 0 unspecified atom stereocenters. The molecular formula is C20H23Cl2N3O6. The average Bonchev–Trinajstić information content (AvgIpc) is 2.69. The molecule has 1 heterocycles. The predicted molar refractivity (Wildman–Crippen MR) is 117 cm³/mol. The van der Waals surface area contributed by atoms with Crippen molar-refractivity contribution in [2.45, 2.75) is 27.3 Å². The molecule has 2 aromatic rings. The van der Waals surface area contributed by atoms with Gasteiger partial charge in [-0.3, -0.25) is 18.7 Å². The van der Waals surface area contributed by atoms with Crippen LogP contribution in [-0.4, -0.2) is 34.1 Å². The van der Waals surface area contributed by atoms with Gasteiger partial charge in [0.25, 0.3) is 5.56 Å². The third-order valence-corrected chi connectivity index (χ3v) is 4.83. The first-order valence-electron chi connectivity index (χ1n) is 9.40. The van der Waals surface area contributed by atoms with E-state index in [9.17, 15) is 19.2 Å². The molecule has 31 heavy (non-hydrogen) atoms. The van der Waals surface area contributed by atoms with Crippen molar-refractivity contribution < 1.29 is 19.1 Å². The largest absolute Gasteiger partial charge is 0.482 e. The Bertz CT molecular complexity index is 1110. The first kappa shape index (κ1) is 24.5. The van der Waals surface area contributed by atoms with E-state index < -0.39 is 29.6 Å². The smallest absolute Gasteiger partial charge is 0.338 e. The molecule has 0 atom stereocenters. The van der Waals surface area contributed by atoms with Gasteiger partial charge >= 0.3 is 11.7 Å². The van der Waals surface area contributed by atoms with E-state index in [1.165, 1.54) is 23.7 Å². The lowest BCUT2D eigenvalue weighted by Gasteiger charge is -2.16. The predicted octanol–water partition coefficient (Wildman–Crippen LogP) is 2.53. The molecule has 0 amide bonds. The summed E-state index contributed by atoms with van der Waals surface area (Å²) in [5.74, 6) is -1.59. The van der Waals surface area contributed by atoms with E-state index >= 15 is 0 Å². The molecule has 0 bridgehead atoms. The average molecular weight is 472 g/mol. The van der Waals surface area contributed by atoms with Crippen LogP contribution in [0.1, 0.15) is 41.5 Å². The summed E-state index contributed by atoms with van der Waals surface area (Å²) < 4.78 is 12.3. The first-order valence-corrected chi connectivity index (χ1v) is 10.2. The molecular weight excluding hydrogens is 449 g/mol. The maximum Gasteiger partial charge on any atom is 0.338 e. The molecule has 1 aromatic heterocycles. The van der Waals surface area contributed by atoms with Crippen molar-refractivity contribution in [2.75, 3.05) is 18.9 Å². The lowest BCUT2D eigenvalue weighted by atomic mass is 10.1. The molecule has 1 aromatic carbocycles. The highest BCUT2D eigenvalue weighted by atomic mass is 35.5. The van der Waals surface area contributed by atoms with E-state index in [2.05, 4.69) is 0 Å². The van der Waals surface area contributed by atoms with Crippen molar-refractivity contribution in [3.63, 3.8) is 0 Å². The van der Waals surface area contributed by atoms with Gasteiger partial charge in [0.1, 0.15) is 11.4 Å². The monoisotopic (exact) mass is 471 g/mol. The summed E-state index contributed by atoms with van der Waals surface area (Å²) in [5.41, 5.74) is 4.30. The Balaban J connectivity index is 2.35. The second kappa shape index (κ2) is 10.0. The Hall–Kier alpha value is -2.78. The number of nitrogen functional groups attached to an aromatic ring is 1. The summed E-state index contributed by atoms with van der Waals surface area (Å²) in [6.45, 7) is 5.18.